The molecule has 2 N–H and O–H groups in total. The van der Waals surface area contributed by atoms with Crippen molar-refractivity contribution in [3.8, 4) is 5.69 Å². The van der Waals surface area contributed by atoms with Crippen LogP contribution in [0.5, 0.6) is 0 Å². The van der Waals surface area contributed by atoms with E-state index in [1.54, 1.807) is 52.0 Å². The molecule has 0 radical (unpaired) electrons. The second kappa shape index (κ2) is 17.6. The van der Waals surface area contributed by atoms with Gasteiger partial charge in [0.25, 0.3) is 0 Å². The fourth-order valence-corrected chi connectivity index (χ4v) is 7.57. The average Bonchev–Trinajstić information content (AvgIpc) is 3.58. The Hall–Kier alpha value is -4.11. The number of benzene rings is 2. The first-order valence-corrected chi connectivity index (χ1v) is 18.9. The molecule has 4 rings (SSSR count). The van der Waals surface area contributed by atoms with Gasteiger partial charge in [-0.3, -0.25) is 23.7 Å². The summed E-state index contributed by atoms with van der Waals surface area (Å²) in [6.07, 6.45) is -4.55. The lowest BCUT2D eigenvalue weighted by molar-refractivity contribution is -0.141. The van der Waals surface area contributed by atoms with Crippen LogP contribution >= 0.6 is 19.2 Å². The number of hydrogen-bond donors (Lipinski definition) is 2. The molecule has 0 bridgehead atoms. The average molecular weight is 769 g/mol. The third-order valence-corrected chi connectivity index (χ3v) is 10.7. The number of para-hydroxylation sites is 1. The largest absolute Gasteiger partial charge is 0.436 e. The number of hydrogen-bond acceptors (Lipinski definition) is 9. The summed E-state index contributed by atoms with van der Waals surface area (Å²) >= 11 is 6.19. The molecule has 0 saturated heterocycles. The molecular weight excluding hydrogens is 728 g/mol. The first-order valence-electron chi connectivity index (χ1n) is 16.8. The van der Waals surface area contributed by atoms with Gasteiger partial charge in [-0.2, -0.15) is 13.2 Å². The topological polar surface area (TPSA) is 162 Å². The molecule has 3 aromatic rings. The van der Waals surface area contributed by atoms with E-state index in [9.17, 15) is 36.9 Å². The Labute approximate surface area is 304 Å². The number of nitrogens with zero attached hydrogens (tertiary/aromatic N) is 4. The zero-order chi connectivity index (χ0) is 38.2. The highest BCUT2D eigenvalue weighted by Crippen LogP contribution is 2.48. The summed E-state index contributed by atoms with van der Waals surface area (Å²) in [5.74, 6) is -2.66. The summed E-state index contributed by atoms with van der Waals surface area (Å²) in [5, 5.41) is 12.7. The first-order chi connectivity index (χ1) is 24.6. The van der Waals surface area contributed by atoms with Gasteiger partial charge in [-0.1, -0.05) is 48.4 Å². The number of carbonyl (C=O) groups is 4. The molecule has 1 unspecified atom stereocenters. The highest BCUT2D eigenvalue weighted by atomic mass is 35.5. The van der Waals surface area contributed by atoms with Gasteiger partial charge in [0.05, 0.1) is 31.1 Å². The number of fused-ring (bicyclic) bond motifs is 1. The Morgan fingerprint density at radius 2 is 1.75 bits per heavy atom. The molecule has 2 heterocycles. The number of anilines is 1. The Morgan fingerprint density at radius 1 is 1.06 bits per heavy atom. The molecule has 0 spiro atoms. The fraction of sp³-hybridized carbons (Fsp3) is 0.471. The van der Waals surface area contributed by atoms with Crippen LogP contribution in [0.1, 0.15) is 81.0 Å². The zero-order valence-electron chi connectivity index (χ0n) is 29.1. The Balaban J connectivity index is 1.71. The molecule has 13 nitrogen and oxygen atoms in total. The van der Waals surface area contributed by atoms with Crippen molar-refractivity contribution >= 4 is 48.4 Å². The van der Waals surface area contributed by atoms with Crippen LogP contribution in [0, 0.1) is 5.92 Å². The van der Waals surface area contributed by atoms with Gasteiger partial charge < -0.3 is 24.6 Å². The van der Waals surface area contributed by atoms with Crippen molar-refractivity contribution in [2.75, 3.05) is 31.2 Å². The maximum absolute atomic E-state index is 14.1. The number of ketones is 1. The fourth-order valence-electron chi connectivity index (χ4n) is 5.84. The van der Waals surface area contributed by atoms with E-state index in [1.807, 2.05) is 0 Å². The van der Waals surface area contributed by atoms with Gasteiger partial charge in [-0.25, -0.2) is 4.68 Å². The van der Waals surface area contributed by atoms with E-state index >= 15 is 0 Å². The Bertz CT molecular complexity index is 1810. The maximum Gasteiger partial charge on any atom is 0.436 e. The summed E-state index contributed by atoms with van der Waals surface area (Å²) in [5.41, 5.74) is -0.291. The van der Waals surface area contributed by atoms with Gasteiger partial charge in [-0.15, -0.1) is 5.10 Å². The first kappa shape index (κ1) is 40.7. The monoisotopic (exact) mass is 768 g/mol. The number of carbonyl (C=O) groups excluding carboxylic acids is 4. The number of alkyl halides is 3. The third-order valence-electron chi connectivity index (χ3n) is 8.46. The summed E-state index contributed by atoms with van der Waals surface area (Å²) in [6, 6.07) is 9.10. The standard InChI is InChI=1S/C34H41ClF3N6O7P/c1-5-50-52(49,51-6-2)20-31(46)43(17-16-29(45)25-18-23(35)14-15-27(25)44-19-30(41-42-44)34(36,37)38)28-13-9-10-21(3)32(47)40-26-12-8-7-11-24(26)22(4)39-33(28)48/h7-8,11-12,14-15,18-19,21-22,28H,5-6,9-10,13,16-17,20H2,1-4H3,(H,39,48)(H,40,47)/t21-,22?,28+/m1/s1. The molecule has 0 saturated carbocycles. The summed E-state index contributed by atoms with van der Waals surface area (Å²) < 4.78 is 64.9. The van der Waals surface area contributed by atoms with Crippen LogP contribution in [0.25, 0.3) is 5.69 Å². The second-order valence-corrected chi connectivity index (χ2v) is 14.7. The van der Waals surface area contributed by atoms with Crippen molar-refractivity contribution in [2.45, 2.75) is 71.6 Å². The van der Waals surface area contributed by atoms with Crippen LogP contribution in [0.4, 0.5) is 18.9 Å². The zero-order valence-corrected chi connectivity index (χ0v) is 30.8. The highest BCUT2D eigenvalue weighted by Gasteiger charge is 2.38. The van der Waals surface area contributed by atoms with E-state index in [4.69, 9.17) is 20.6 Å². The van der Waals surface area contributed by atoms with Crippen molar-refractivity contribution in [1.29, 1.82) is 0 Å². The van der Waals surface area contributed by atoms with Crippen molar-refractivity contribution in [3.05, 3.63) is 70.5 Å². The Morgan fingerprint density at radius 3 is 2.40 bits per heavy atom. The number of aromatic nitrogens is 3. The summed E-state index contributed by atoms with van der Waals surface area (Å²) in [6.45, 7) is 6.21. The van der Waals surface area contributed by atoms with Crippen LogP contribution in [-0.4, -0.2) is 75.4 Å². The van der Waals surface area contributed by atoms with E-state index in [2.05, 4.69) is 20.9 Å². The van der Waals surface area contributed by atoms with Gasteiger partial charge in [-0.05, 0) is 63.4 Å². The van der Waals surface area contributed by atoms with Crippen molar-refractivity contribution in [2.24, 2.45) is 5.92 Å². The van der Waals surface area contributed by atoms with Crippen LogP contribution in [-0.2, 0) is 34.2 Å². The lowest BCUT2D eigenvalue weighted by atomic mass is 9.97. The number of rotatable bonds is 12. The highest BCUT2D eigenvalue weighted by molar-refractivity contribution is 7.54. The molecule has 1 aliphatic heterocycles. The lowest BCUT2D eigenvalue weighted by Crippen LogP contribution is -2.51. The molecular formula is C34H41ClF3N6O7P. The normalized spacial score (nSPS) is 18.7. The van der Waals surface area contributed by atoms with E-state index in [-0.39, 0.29) is 48.4 Å². The lowest BCUT2D eigenvalue weighted by Gasteiger charge is -2.33. The van der Waals surface area contributed by atoms with Crippen LogP contribution < -0.4 is 10.6 Å². The quantitative estimate of drug-likeness (QED) is 0.153. The molecule has 3 amide bonds. The van der Waals surface area contributed by atoms with Gasteiger partial charge in [0.1, 0.15) is 12.2 Å². The molecule has 0 aliphatic carbocycles. The van der Waals surface area contributed by atoms with Crippen LogP contribution in [0.3, 0.4) is 0 Å². The van der Waals surface area contributed by atoms with Crippen LogP contribution in [0.15, 0.2) is 48.7 Å². The molecule has 52 heavy (non-hydrogen) atoms. The number of Topliss-reactive ketones (excluding diaryl/α,β-unsaturated/α-hetero) is 1. The van der Waals surface area contributed by atoms with Crippen molar-refractivity contribution < 1.29 is 46.0 Å². The third kappa shape index (κ3) is 10.3. The molecule has 1 aromatic heterocycles. The molecule has 282 valence electrons. The van der Waals surface area contributed by atoms with Gasteiger partial charge in [0.2, 0.25) is 17.7 Å². The molecule has 1 aliphatic rings. The summed E-state index contributed by atoms with van der Waals surface area (Å²) in [7, 11) is -3.98. The summed E-state index contributed by atoms with van der Waals surface area (Å²) in [4.78, 5) is 56.2. The smallest absolute Gasteiger partial charge is 0.348 e. The Kier molecular flexibility index (Phi) is 13.8. The number of halogens is 4. The second-order valence-electron chi connectivity index (χ2n) is 12.2. The minimum atomic E-state index is -4.78. The van der Waals surface area contributed by atoms with E-state index in [0.717, 1.165) is 9.58 Å². The van der Waals surface area contributed by atoms with E-state index < -0.39 is 67.6 Å². The predicted octanol–water partition coefficient (Wildman–Crippen LogP) is 6.61. The maximum atomic E-state index is 14.1. The molecule has 3 atom stereocenters. The van der Waals surface area contributed by atoms with E-state index in [1.165, 1.54) is 18.2 Å². The number of nitrogens with one attached hydrogen (secondary N) is 2. The molecule has 0 fully saturated rings. The van der Waals surface area contributed by atoms with E-state index in [0.29, 0.717) is 30.3 Å². The predicted molar refractivity (Wildman–Crippen MR) is 186 cm³/mol. The van der Waals surface area contributed by atoms with Gasteiger partial charge >= 0.3 is 13.8 Å². The van der Waals surface area contributed by atoms with Gasteiger partial charge in [0.15, 0.2) is 11.5 Å². The molecule has 2 aromatic carbocycles. The van der Waals surface area contributed by atoms with Gasteiger partial charge in [0, 0.05) is 35.2 Å². The molecule has 18 heteroatoms. The number of amides is 3. The van der Waals surface area contributed by atoms with Crippen LogP contribution in [0.2, 0.25) is 5.02 Å². The minimum Gasteiger partial charge on any atom is -0.348 e. The SMILES string of the molecule is CCOP(=O)(CC(=O)N(CCC(=O)c1cc(Cl)ccc1-n1cc(C(F)(F)F)nn1)[C@H]1CCC[C@@H](C)C(=O)Nc2ccccc2C(C)NC1=O)OCC. The minimum absolute atomic E-state index is 0.0281. The van der Waals surface area contributed by atoms with Crippen molar-refractivity contribution in [1.82, 2.24) is 25.2 Å². The van der Waals surface area contributed by atoms with Crippen molar-refractivity contribution in [3.63, 3.8) is 0 Å².